The van der Waals surface area contributed by atoms with Crippen LogP contribution in [-0.2, 0) is 16.0 Å². The third-order valence-electron chi connectivity index (χ3n) is 3.39. The molecule has 0 saturated carbocycles. The molecule has 1 heterocycles. The predicted octanol–water partition coefficient (Wildman–Crippen LogP) is 2.41. The summed E-state index contributed by atoms with van der Waals surface area (Å²) in [6.07, 6.45) is 0.928. The van der Waals surface area contributed by atoms with Crippen LogP contribution in [0.3, 0.4) is 0 Å². The molecule has 0 aliphatic carbocycles. The predicted molar refractivity (Wildman–Crippen MR) is 75.8 cm³/mol. The zero-order chi connectivity index (χ0) is 13.9. The highest BCUT2D eigenvalue weighted by Crippen LogP contribution is 2.24. The van der Waals surface area contributed by atoms with Gasteiger partial charge in [0.05, 0.1) is 5.92 Å². The van der Waals surface area contributed by atoms with Crippen molar-refractivity contribution in [2.75, 3.05) is 13.1 Å². The molecule has 1 saturated heterocycles. The zero-order valence-electron chi connectivity index (χ0n) is 12.0. The van der Waals surface area contributed by atoms with Crippen LogP contribution in [-0.4, -0.2) is 24.7 Å². The number of hydrogen-bond acceptors (Lipinski definition) is 3. The van der Waals surface area contributed by atoms with E-state index in [9.17, 15) is 4.79 Å². The second-order valence-corrected chi connectivity index (χ2v) is 6.25. The lowest BCUT2D eigenvalue weighted by molar-refractivity contribution is -0.160. The average Bonchev–Trinajstić information content (AvgIpc) is 2.76. The number of rotatable bonds is 3. The minimum absolute atomic E-state index is 0.0283. The van der Waals surface area contributed by atoms with Crippen molar-refractivity contribution in [1.29, 1.82) is 0 Å². The second-order valence-electron chi connectivity index (χ2n) is 6.25. The highest BCUT2D eigenvalue weighted by Gasteiger charge is 2.35. The summed E-state index contributed by atoms with van der Waals surface area (Å²) < 4.78 is 5.51. The summed E-state index contributed by atoms with van der Waals surface area (Å²) >= 11 is 0. The Kier molecular flexibility index (Phi) is 4.25. The molecule has 104 valence electrons. The maximum absolute atomic E-state index is 12.2. The number of carbonyl (C=O) groups excluding carboxylic acids is 1. The molecule has 0 radical (unpaired) electrons. The lowest BCUT2D eigenvalue weighted by Crippen LogP contribution is -2.32. The molecule has 1 fully saturated rings. The van der Waals surface area contributed by atoms with Gasteiger partial charge in [-0.3, -0.25) is 4.79 Å². The smallest absolute Gasteiger partial charge is 0.311 e. The number of nitrogens with one attached hydrogen (secondary N) is 1. The maximum Gasteiger partial charge on any atom is 0.311 e. The van der Waals surface area contributed by atoms with Gasteiger partial charge < -0.3 is 10.1 Å². The van der Waals surface area contributed by atoms with Gasteiger partial charge in [0.25, 0.3) is 0 Å². The van der Waals surface area contributed by atoms with Gasteiger partial charge in [-0.25, -0.2) is 0 Å². The van der Waals surface area contributed by atoms with Gasteiger partial charge in [-0.1, -0.05) is 30.3 Å². The Labute approximate surface area is 115 Å². The molecule has 1 aromatic rings. The van der Waals surface area contributed by atoms with E-state index in [0.29, 0.717) is 5.92 Å². The van der Waals surface area contributed by atoms with Crippen molar-refractivity contribution in [3.63, 3.8) is 0 Å². The quantitative estimate of drug-likeness (QED) is 0.849. The average molecular weight is 261 g/mol. The van der Waals surface area contributed by atoms with Crippen LogP contribution in [0.4, 0.5) is 0 Å². The first kappa shape index (κ1) is 14.1. The fraction of sp³-hybridized carbons (Fsp3) is 0.562. The highest BCUT2D eigenvalue weighted by molar-refractivity contribution is 5.74. The molecule has 1 aliphatic heterocycles. The van der Waals surface area contributed by atoms with Crippen LogP contribution in [0.1, 0.15) is 26.3 Å². The van der Waals surface area contributed by atoms with E-state index >= 15 is 0 Å². The first-order valence-electron chi connectivity index (χ1n) is 6.93. The van der Waals surface area contributed by atoms with E-state index in [1.165, 1.54) is 5.56 Å². The number of benzene rings is 1. The van der Waals surface area contributed by atoms with Crippen molar-refractivity contribution < 1.29 is 9.53 Å². The van der Waals surface area contributed by atoms with Crippen LogP contribution < -0.4 is 5.32 Å². The normalized spacial score (nSPS) is 23.3. The Balaban J connectivity index is 1.99. The second kappa shape index (κ2) is 5.74. The van der Waals surface area contributed by atoms with E-state index in [2.05, 4.69) is 17.4 Å². The standard InChI is InChI=1S/C16H23NO2/c1-16(2,3)19-15(18)14-11-17-10-13(14)9-12-7-5-4-6-8-12/h4-8,13-14,17H,9-11H2,1-3H3/t13-,14-/m0/s1. The Morgan fingerprint density at radius 1 is 1.26 bits per heavy atom. The van der Waals surface area contributed by atoms with Crippen LogP contribution in [0.25, 0.3) is 0 Å². The van der Waals surface area contributed by atoms with Crippen LogP contribution in [0.15, 0.2) is 30.3 Å². The minimum Gasteiger partial charge on any atom is -0.460 e. The Hall–Kier alpha value is -1.35. The molecule has 2 rings (SSSR count). The van der Waals surface area contributed by atoms with Gasteiger partial charge >= 0.3 is 5.97 Å². The summed E-state index contributed by atoms with van der Waals surface area (Å²) in [5.41, 5.74) is 0.876. The summed E-state index contributed by atoms with van der Waals surface area (Å²) in [6, 6.07) is 10.3. The molecule has 0 bridgehead atoms. The molecular weight excluding hydrogens is 238 g/mol. The molecule has 1 N–H and O–H groups in total. The number of esters is 1. The summed E-state index contributed by atoms with van der Waals surface area (Å²) in [4.78, 5) is 12.2. The Morgan fingerprint density at radius 3 is 2.58 bits per heavy atom. The van der Waals surface area contributed by atoms with Crippen molar-refractivity contribution in [2.24, 2.45) is 11.8 Å². The molecule has 3 heteroatoms. The maximum atomic E-state index is 12.2. The number of ether oxygens (including phenoxy) is 1. The van der Waals surface area contributed by atoms with Crippen molar-refractivity contribution in [1.82, 2.24) is 5.32 Å². The lowest BCUT2D eigenvalue weighted by atomic mass is 9.89. The molecular formula is C16H23NO2. The molecule has 0 unspecified atom stereocenters. The van der Waals surface area contributed by atoms with Crippen LogP contribution in [0.5, 0.6) is 0 Å². The summed E-state index contributed by atoms with van der Waals surface area (Å²) in [5, 5.41) is 3.31. The monoisotopic (exact) mass is 261 g/mol. The summed E-state index contributed by atoms with van der Waals surface area (Å²) in [5.74, 6) is 0.232. The molecule has 0 spiro atoms. The van der Waals surface area contributed by atoms with Gasteiger partial charge in [-0.05, 0) is 45.2 Å². The largest absolute Gasteiger partial charge is 0.460 e. The fourth-order valence-electron chi connectivity index (χ4n) is 2.52. The molecule has 3 nitrogen and oxygen atoms in total. The molecule has 2 atom stereocenters. The topological polar surface area (TPSA) is 38.3 Å². The van der Waals surface area contributed by atoms with Gasteiger partial charge in [0.15, 0.2) is 0 Å². The molecule has 0 aromatic heterocycles. The highest BCUT2D eigenvalue weighted by atomic mass is 16.6. The van der Waals surface area contributed by atoms with Crippen molar-refractivity contribution in [2.45, 2.75) is 32.8 Å². The van der Waals surface area contributed by atoms with Gasteiger partial charge in [-0.2, -0.15) is 0 Å². The molecule has 1 aliphatic rings. The third-order valence-corrected chi connectivity index (χ3v) is 3.39. The van der Waals surface area contributed by atoms with Crippen molar-refractivity contribution in [3.8, 4) is 0 Å². The van der Waals surface area contributed by atoms with E-state index in [1.807, 2.05) is 39.0 Å². The van der Waals surface area contributed by atoms with Gasteiger partial charge in [0, 0.05) is 6.54 Å². The number of carbonyl (C=O) groups is 1. The van der Waals surface area contributed by atoms with Gasteiger partial charge in [-0.15, -0.1) is 0 Å². The van der Waals surface area contributed by atoms with E-state index in [-0.39, 0.29) is 11.9 Å². The van der Waals surface area contributed by atoms with Crippen LogP contribution in [0.2, 0.25) is 0 Å². The van der Waals surface area contributed by atoms with E-state index in [1.54, 1.807) is 0 Å². The van der Waals surface area contributed by atoms with Gasteiger partial charge in [0.2, 0.25) is 0 Å². The fourth-order valence-corrected chi connectivity index (χ4v) is 2.52. The molecule has 0 amide bonds. The third kappa shape index (κ3) is 4.06. The van der Waals surface area contributed by atoms with E-state index in [0.717, 1.165) is 19.5 Å². The summed E-state index contributed by atoms with van der Waals surface area (Å²) in [6.45, 7) is 7.36. The lowest BCUT2D eigenvalue weighted by Gasteiger charge is -2.24. The van der Waals surface area contributed by atoms with Crippen LogP contribution in [0, 0.1) is 11.8 Å². The first-order valence-corrected chi connectivity index (χ1v) is 6.93. The Bertz CT molecular complexity index is 422. The van der Waals surface area contributed by atoms with E-state index in [4.69, 9.17) is 4.74 Å². The first-order chi connectivity index (χ1) is 8.96. The van der Waals surface area contributed by atoms with Gasteiger partial charge in [0.1, 0.15) is 5.60 Å². The van der Waals surface area contributed by atoms with E-state index < -0.39 is 5.60 Å². The van der Waals surface area contributed by atoms with Crippen molar-refractivity contribution in [3.05, 3.63) is 35.9 Å². The SMILES string of the molecule is CC(C)(C)OC(=O)[C@H]1CNC[C@@H]1Cc1ccccc1. The molecule has 19 heavy (non-hydrogen) atoms. The minimum atomic E-state index is -0.406. The molecule has 1 aromatic carbocycles. The zero-order valence-corrected chi connectivity index (χ0v) is 12.0. The number of hydrogen-bond donors (Lipinski definition) is 1. The summed E-state index contributed by atoms with van der Waals surface area (Å²) in [7, 11) is 0. The van der Waals surface area contributed by atoms with Crippen molar-refractivity contribution >= 4 is 5.97 Å². The Morgan fingerprint density at radius 2 is 1.95 bits per heavy atom. The van der Waals surface area contributed by atoms with Crippen LogP contribution >= 0.6 is 0 Å².